The molecule has 0 bridgehead atoms. The zero-order chi connectivity index (χ0) is 24.7. The number of fused-ring (bicyclic) bond motifs is 1. The van der Waals surface area contributed by atoms with E-state index in [9.17, 15) is 22.8 Å². The third-order valence-corrected chi connectivity index (χ3v) is 6.27. The molecule has 0 aliphatic carbocycles. The molecule has 3 heterocycles. The summed E-state index contributed by atoms with van der Waals surface area (Å²) in [5.74, 6) is 0. The van der Waals surface area contributed by atoms with Crippen molar-refractivity contribution in [2.45, 2.75) is 45.1 Å². The Kier molecular flexibility index (Phi) is 5.84. The standard InChI is InChI=1S/C25H23F3N4O3/c1-16-6-2-3-10-20(16)32-22-21(23(33)31(24(32)34)14-19-9-5-11-35-19)30(15-29-22)13-17-7-4-8-18(12-17)25(26,27)28/h2-4,6-8,10,12,15,19H,5,9,11,13-14H2,1H3. The van der Waals surface area contributed by atoms with Crippen molar-refractivity contribution in [2.75, 3.05) is 6.61 Å². The summed E-state index contributed by atoms with van der Waals surface area (Å²) in [6, 6.07) is 12.2. The second-order valence-electron chi connectivity index (χ2n) is 8.70. The number of ether oxygens (including phenoxy) is 1. The van der Waals surface area contributed by atoms with Crippen LogP contribution >= 0.6 is 0 Å². The minimum atomic E-state index is -4.48. The van der Waals surface area contributed by atoms with Crippen LogP contribution in [0.1, 0.15) is 29.5 Å². The maximum Gasteiger partial charge on any atom is 0.416 e. The molecule has 5 rings (SSSR count). The maximum atomic E-state index is 13.6. The van der Waals surface area contributed by atoms with Gasteiger partial charge in [-0.15, -0.1) is 0 Å². The number of nitrogens with zero attached hydrogens (tertiary/aromatic N) is 4. The van der Waals surface area contributed by atoms with Gasteiger partial charge in [-0.1, -0.05) is 30.3 Å². The molecule has 1 unspecified atom stereocenters. The molecule has 0 saturated carbocycles. The summed E-state index contributed by atoms with van der Waals surface area (Å²) in [4.78, 5) is 31.5. The highest BCUT2D eigenvalue weighted by atomic mass is 19.4. The molecule has 7 nitrogen and oxygen atoms in total. The molecule has 182 valence electrons. The predicted octanol–water partition coefficient (Wildman–Crippen LogP) is 3.90. The topological polar surface area (TPSA) is 71.1 Å². The Morgan fingerprint density at radius 2 is 1.91 bits per heavy atom. The van der Waals surface area contributed by atoms with E-state index in [0.717, 1.165) is 35.1 Å². The highest BCUT2D eigenvalue weighted by molar-refractivity contribution is 5.73. The van der Waals surface area contributed by atoms with Gasteiger partial charge in [-0.2, -0.15) is 13.2 Å². The highest BCUT2D eigenvalue weighted by Gasteiger charge is 2.30. The number of hydrogen-bond donors (Lipinski definition) is 0. The van der Waals surface area contributed by atoms with Gasteiger partial charge in [-0.3, -0.25) is 9.36 Å². The first kappa shape index (κ1) is 23.1. The van der Waals surface area contributed by atoms with Crippen LogP contribution in [0.2, 0.25) is 0 Å². The first-order chi connectivity index (χ1) is 16.7. The van der Waals surface area contributed by atoms with Crippen molar-refractivity contribution in [1.82, 2.24) is 18.7 Å². The Labute approximate surface area is 198 Å². The van der Waals surface area contributed by atoms with Crippen LogP contribution in [0.5, 0.6) is 0 Å². The van der Waals surface area contributed by atoms with Gasteiger partial charge in [-0.25, -0.2) is 14.3 Å². The number of alkyl halides is 3. The average molecular weight is 484 g/mol. The van der Waals surface area contributed by atoms with E-state index in [0.29, 0.717) is 17.9 Å². The lowest BCUT2D eigenvalue weighted by molar-refractivity contribution is -0.137. The second kappa shape index (κ2) is 8.84. The van der Waals surface area contributed by atoms with Crippen molar-refractivity contribution in [2.24, 2.45) is 0 Å². The lowest BCUT2D eigenvalue weighted by atomic mass is 10.1. The van der Waals surface area contributed by atoms with E-state index >= 15 is 0 Å². The molecule has 2 aromatic carbocycles. The number of hydrogen-bond acceptors (Lipinski definition) is 4. The molecule has 10 heteroatoms. The van der Waals surface area contributed by atoms with Gasteiger partial charge in [0, 0.05) is 13.2 Å². The van der Waals surface area contributed by atoms with E-state index in [2.05, 4.69) is 4.98 Å². The molecular weight excluding hydrogens is 461 g/mol. The van der Waals surface area contributed by atoms with Crippen LogP contribution in [0, 0.1) is 6.92 Å². The van der Waals surface area contributed by atoms with Gasteiger partial charge in [0.15, 0.2) is 11.2 Å². The molecule has 1 fully saturated rings. The Morgan fingerprint density at radius 3 is 2.63 bits per heavy atom. The van der Waals surface area contributed by atoms with Crippen LogP contribution < -0.4 is 11.2 Å². The molecule has 0 amide bonds. The molecule has 1 atom stereocenters. The van der Waals surface area contributed by atoms with E-state index in [1.54, 1.807) is 18.2 Å². The quantitative estimate of drug-likeness (QED) is 0.431. The van der Waals surface area contributed by atoms with Crippen LogP contribution in [0.15, 0.2) is 64.4 Å². The van der Waals surface area contributed by atoms with Crippen molar-refractivity contribution in [3.63, 3.8) is 0 Å². The Hall–Kier alpha value is -3.66. The lowest BCUT2D eigenvalue weighted by Crippen LogP contribution is -2.42. The second-order valence-corrected chi connectivity index (χ2v) is 8.70. The Bertz CT molecular complexity index is 1510. The highest BCUT2D eigenvalue weighted by Crippen LogP contribution is 2.30. The van der Waals surface area contributed by atoms with Gasteiger partial charge in [0.25, 0.3) is 5.56 Å². The number of aryl methyl sites for hydroxylation is 1. The molecule has 0 spiro atoms. The number of para-hydroxylation sites is 1. The normalized spacial score (nSPS) is 16.3. The molecule has 35 heavy (non-hydrogen) atoms. The summed E-state index contributed by atoms with van der Waals surface area (Å²) in [5, 5.41) is 0. The molecular formula is C25H23F3N4O3. The number of halogens is 3. The Balaban J connectivity index is 1.70. The molecule has 1 aliphatic rings. The number of aromatic nitrogens is 4. The Morgan fingerprint density at radius 1 is 1.11 bits per heavy atom. The van der Waals surface area contributed by atoms with Crippen molar-refractivity contribution >= 4 is 11.2 Å². The molecule has 1 aliphatic heterocycles. The van der Waals surface area contributed by atoms with Gasteiger partial charge in [-0.05, 0) is 49.1 Å². The number of rotatable bonds is 5. The zero-order valence-corrected chi connectivity index (χ0v) is 19.0. The van der Waals surface area contributed by atoms with E-state index in [4.69, 9.17) is 4.74 Å². The summed E-state index contributed by atoms with van der Waals surface area (Å²) in [6.07, 6.45) is -1.77. The van der Waals surface area contributed by atoms with Gasteiger partial charge in [0.2, 0.25) is 0 Å². The van der Waals surface area contributed by atoms with Crippen LogP contribution in [-0.2, 0) is 24.0 Å². The van der Waals surface area contributed by atoms with Gasteiger partial charge in [0.1, 0.15) is 0 Å². The lowest BCUT2D eigenvalue weighted by Gasteiger charge is -2.16. The molecule has 4 aromatic rings. The minimum Gasteiger partial charge on any atom is -0.376 e. The fraction of sp³-hybridized carbons (Fsp3) is 0.320. The summed E-state index contributed by atoms with van der Waals surface area (Å²) in [7, 11) is 0. The van der Waals surface area contributed by atoms with Crippen LogP contribution in [0.3, 0.4) is 0 Å². The van der Waals surface area contributed by atoms with E-state index < -0.39 is 23.0 Å². The predicted molar refractivity (Wildman–Crippen MR) is 124 cm³/mol. The van der Waals surface area contributed by atoms with Crippen molar-refractivity contribution in [1.29, 1.82) is 0 Å². The SMILES string of the molecule is Cc1ccccc1-n1c(=O)n(CC2CCCO2)c(=O)c2c1ncn2Cc1cccc(C(F)(F)F)c1. The van der Waals surface area contributed by atoms with E-state index in [1.165, 1.54) is 21.5 Å². The van der Waals surface area contributed by atoms with E-state index in [1.807, 2.05) is 19.1 Å². The van der Waals surface area contributed by atoms with Crippen LogP contribution in [-0.4, -0.2) is 31.4 Å². The third-order valence-electron chi connectivity index (χ3n) is 6.27. The average Bonchev–Trinajstić information content (AvgIpc) is 3.48. The number of benzene rings is 2. The fourth-order valence-electron chi connectivity index (χ4n) is 4.53. The first-order valence-electron chi connectivity index (χ1n) is 11.3. The first-order valence-corrected chi connectivity index (χ1v) is 11.3. The number of imidazole rings is 1. The van der Waals surface area contributed by atoms with Crippen LogP contribution in [0.25, 0.3) is 16.9 Å². The van der Waals surface area contributed by atoms with Gasteiger partial charge >= 0.3 is 11.9 Å². The molecule has 0 radical (unpaired) electrons. The van der Waals surface area contributed by atoms with Crippen molar-refractivity contribution < 1.29 is 17.9 Å². The zero-order valence-electron chi connectivity index (χ0n) is 19.0. The third kappa shape index (κ3) is 4.29. The molecule has 2 aromatic heterocycles. The van der Waals surface area contributed by atoms with Gasteiger partial charge in [0.05, 0.1) is 30.2 Å². The summed E-state index contributed by atoms with van der Waals surface area (Å²) in [6.45, 7) is 2.50. The van der Waals surface area contributed by atoms with Crippen LogP contribution in [0.4, 0.5) is 13.2 Å². The molecule has 0 N–H and O–H groups in total. The maximum absolute atomic E-state index is 13.6. The molecule has 1 saturated heterocycles. The smallest absolute Gasteiger partial charge is 0.376 e. The van der Waals surface area contributed by atoms with Crippen molar-refractivity contribution in [3.8, 4) is 5.69 Å². The largest absolute Gasteiger partial charge is 0.416 e. The summed E-state index contributed by atoms with van der Waals surface area (Å²) >= 11 is 0. The summed E-state index contributed by atoms with van der Waals surface area (Å²) in [5.41, 5.74) is 0.197. The van der Waals surface area contributed by atoms with E-state index in [-0.39, 0.29) is 30.4 Å². The monoisotopic (exact) mass is 484 g/mol. The van der Waals surface area contributed by atoms with Crippen molar-refractivity contribution in [3.05, 3.63) is 92.4 Å². The van der Waals surface area contributed by atoms with Gasteiger partial charge < -0.3 is 9.30 Å². The minimum absolute atomic E-state index is 0.0123. The fourth-order valence-corrected chi connectivity index (χ4v) is 4.53. The summed E-state index contributed by atoms with van der Waals surface area (Å²) < 4.78 is 49.3.